The first-order chi connectivity index (χ1) is 7.34. The van der Waals surface area contributed by atoms with Crippen LogP contribution in [-0.4, -0.2) is 16.5 Å². The van der Waals surface area contributed by atoms with Gasteiger partial charge in [-0.2, -0.15) is 0 Å². The number of hydrogen-bond donors (Lipinski definition) is 2. The van der Waals surface area contributed by atoms with E-state index >= 15 is 0 Å². The van der Waals surface area contributed by atoms with Gasteiger partial charge in [0.25, 0.3) is 0 Å². The molecule has 1 aromatic rings. The second kappa shape index (κ2) is 3.63. The Labute approximate surface area is 90.7 Å². The maximum atomic E-state index is 4.78. The molecule has 1 aromatic heterocycles. The lowest BCUT2D eigenvalue weighted by molar-refractivity contribution is 0.398. The van der Waals surface area contributed by atoms with E-state index in [9.17, 15) is 0 Å². The number of aryl methyl sites for hydroxylation is 1. The number of aromatic amines is 1. The Hall–Kier alpha value is -0.830. The van der Waals surface area contributed by atoms with Crippen molar-refractivity contribution in [2.75, 3.05) is 6.54 Å². The molecule has 2 heterocycles. The van der Waals surface area contributed by atoms with Crippen molar-refractivity contribution in [3.8, 4) is 0 Å². The summed E-state index contributed by atoms with van der Waals surface area (Å²) in [5.74, 6) is 1.85. The van der Waals surface area contributed by atoms with E-state index in [4.69, 9.17) is 4.98 Å². The summed E-state index contributed by atoms with van der Waals surface area (Å²) in [4.78, 5) is 8.30. The summed E-state index contributed by atoms with van der Waals surface area (Å²) >= 11 is 0. The number of imidazole rings is 1. The summed E-state index contributed by atoms with van der Waals surface area (Å²) in [6.07, 6.45) is 6.34. The van der Waals surface area contributed by atoms with Crippen LogP contribution < -0.4 is 5.32 Å². The van der Waals surface area contributed by atoms with Crippen molar-refractivity contribution in [2.45, 2.75) is 51.0 Å². The summed E-state index contributed by atoms with van der Waals surface area (Å²) < 4.78 is 0. The molecule has 0 aromatic carbocycles. The van der Waals surface area contributed by atoms with Gasteiger partial charge in [-0.05, 0) is 32.2 Å². The Morgan fingerprint density at radius 1 is 1.27 bits per heavy atom. The van der Waals surface area contributed by atoms with Crippen LogP contribution in [0.5, 0.6) is 0 Å². The van der Waals surface area contributed by atoms with Crippen LogP contribution in [-0.2, 0) is 6.42 Å². The summed E-state index contributed by atoms with van der Waals surface area (Å²) in [5, 5.41) is 3.55. The van der Waals surface area contributed by atoms with Crippen LogP contribution in [0.15, 0.2) is 0 Å². The monoisotopic (exact) mass is 205 g/mol. The highest BCUT2D eigenvalue weighted by molar-refractivity contribution is 5.25. The molecule has 1 aliphatic carbocycles. The molecule has 2 atom stereocenters. The average Bonchev–Trinajstić information content (AvgIpc) is 2.83. The number of H-pyrrole nitrogens is 1. The standard InChI is InChI=1S/C12H19N3/c1-8-5-6-9-11(8)15-12(14-9)10-4-2-3-7-13-10/h8,10,13H,2-7H2,1H3,(H,14,15). The van der Waals surface area contributed by atoms with Gasteiger partial charge in [0.1, 0.15) is 5.82 Å². The third kappa shape index (κ3) is 1.59. The van der Waals surface area contributed by atoms with E-state index in [1.807, 2.05) is 0 Å². The van der Waals surface area contributed by atoms with E-state index in [1.54, 1.807) is 0 Å². The van der Waals surface area contributed by atoms with Crippen molar-refractivity contribution in [1.29, 1.82) is 0 Å². The number of hydrogen-bond acceptors (Lipinski definition) is 2. The van der Waals surface area contributed by atoms with Gasteiger partial charge in [0.15, 0.2) is 0 Å². The summed E-state index contributed by atoms with van der Waals surface area (Å²) in [5.41, 5.74) is 2.72. The number of aromatic nitrogens is 2. The smallest absolute Gasteiger partial charge is 0.123 e. The predicted molar refractivity (Wildman–Crippen MR) is 59.9 cm³/mol. The van der Waals surface area contributed by atoms with E-state index in [1.165, 1.54) is 49.3 Å². The lowest BCUT2D eigenvalue weighted by Crippen LogP contribution is -2.27. The van der Waals surface area contributed by atoms with E-state index in [2.05, 4.69) is 17.2 Å². The molecule has 0 bridgehead atoms. The zero-order valence-electron chi connectivity index (χ0n) is 9.34. The maximum Gasteiger partial charge on any atom is 0.123 e. The molecule has 0 amide bonds. The molecule has 82 valence electrons. The van der Waals surface area contributed by atoms with Crippen molar-refractivity contribution in [2.24, 2.45) is 0 Å². The molecule has 0 saturated carbocycles. The van der Waals surface area contributed by atoms with E-state index in [-0.39, 0.29) is 0 Å². The molecule has 0 spiro atoms. The molecule has 2 aliphatic rings. The topological polar surface area (TPSA) is 40.7 Å². The van der Waals surface area contributed by atoms with Gasteiger partial charge >= 0.3 is 0 Å². The molecule has 3 rings (SSSR count). The van der Waals surface area contributed by atoms with Crippen LogP contribution in [0.4, 0.5) is 0 Å². The molecule has 15 heavy (non-hydrogen) atoms. The molecule has 2 N–H and O–H groups in total. The first-order valence-corrected chi connectivity index (χ1v) is 6.16. The fraction of sp³-hybridized carbons (Fsp3) is 0.750. The Morgan fingerprint density at radius 3 is 2.93 bits per heavy atom. The number of piperidine rings is 1. The Balaban J connectivity index is 1.84. The van der Waals surface area contributed by atoms with Crippen LogP contribution in [0.25, 0.3) is 0 Å². The van der Waals surface area contributed by atoms with Gasteiger partial charge in [-0.1, -0.05) is 13.3 Å². The van der Waals surface area contributed by atoms with Crippen molar-refractivity contribution < 1.29 is 0 Å². The quantitative estimate of drug-likeness (QED) is 0.738. The summed E-state index contributed by atoms with van der Waals surface area (Å²) in [7, 11) is 0. The number of fused-ring (bicyclic) bond motifs is 1. The van der Waals surface area contributed by atoms with Crippen molar-refractivity contribution >= 4 is 0 Å². The largest absolute Gasteiger partial charge is 0.344 e. The van der Waals surface area contributed by atoms with Crippen LogP contribution in [0, 0.1) is 0 Å². The molecule has 1 aliphatic heterocycles. The minimum atomic E-state index is 0.483. The Morgan fingerprint density at radius 2 is 2.20 bits per heavy atom. The van der Waals surface area contributed by atoms with E-state index in [0.717, 1.165) is 6.54 Å². The maximum absolute atomic E-state index is 4.78. The third-order valence-electron chi connectivity index (χ3n) is 3.76. The highest BCUT2D eigenvalue weighted by Gasteiger charge is 2.26. The van der Waals surface area contributed by atoms with Gasteiger partial charge in [-0.3, -0.25) is 0 Å². The molecule has 1 fully saturated rings. The van der Waals surface area contributed by atoms with Gasteiger partial charge in [0, 0.05) is 11.6 Å². The molecule has 2 unspecified atom stereocenters. The third-order valence-corrected chi connectivity index (χ3v) is 3.76. The summed E-state index contributed by atoms with van der Waals surface area (Å²) in [6.45, 7) is 3.43. The molecule has 3 heteroatoms. The van der Waals surface area contributed by atoms with Gasteiger partial charge in [0.2, 0.25) is 0 Å². The highest BCUT2D eigenvalue weighted by atomic mass is 15.0. The molecule has 1 saturated heterocycles. The van der Waals surface area contributed by atoms with E-state index < -0.39 is 0 Å². The fourth-order valence-electron chi connectivity index (χ4n) is 2.79. The Bertz CT molecular complexity index is 350. The van der Waals surface area contributed by atoms with Crippen LogP contribution in [0.3, 0.4) is 0 Å². The van der Waals surface area contributed by atoms with Crippen molar-refractivity contribution in [3.63, 3.8) is 0 Å². The minimum Gasteiger partial charge on any atom is -0.344 e. The number of nitrogens with zero attached hydrogens (tertiary/aromatic N) is 1. The first-order valence-electron chi connectivity index (χ1n) is 6.16. The fourth-order valence-corrected chi connectivity index (χ4v) is 2.79. The number of nitrogens with one attached hydrogen (secondary N) is 2. The van der Waals surface area contributed by atoms with Gasteiger partial charge in [-0.15, -0.1) is 0 Å². The van der Waals surface area contributed by atoms with Crippen LogP contribution in [0.2, 0.25) is 0 Å². The van der Waals surface area contributed by atoms with Crippen LogP contribution in [0.1, 0.15) is 61.8 Å². The minimum absolute atomic E-state index is 0.483. The number of rotatable bonds is 1. The lowest BCUT2D eigenvalue weighted by atomic mass is 10.0. The molecular formula is C12H19N3. The SMILES string of the molecule is CC1CCc2[nH]c(C3CCCCN3)nc21. The van der Waals surface area contributed by atoms with Gasteiger partial charge in [0.05, 0.1) is 11.7 Å². The predicted octanol–water partition coefficient (Wildman–Crippen LogP) is 2.27. The molecule has 3 nitrogen and oxygen atoms in total. The Kier molecular flexibility index (Phi) is 2.28. The summed E-state index contributed by atoms with van der Waals surface area (Å²) in [6, 6.07) is 0.483. The average molecular weight is 205 g/mol. The first kappa shape index (κ1) is 9.40. The van der Waals surface area contributed by atoms with Crippen LogP contribution >= 0.6 is 0 Å². The normalized spacial score (nSPS) is 30.5. The second-order valence-corrected chi connectivity index (χ2v) is 4.93. The zero-order chi connectivity index (χ0) is 10.3. The second-order valence-electron chi connectivity index (χ2n) is 4.93. The zero-order valence-corrected chi connectivity index (χ0v) is 9.34. The van der Waals surface area contributed by atoms with Gasteiger partial charge < -0.3 is 10.3 Å². The van der Waals surface area contributed by atoms with Crippen molar-refractivity contribution in [1.82, 2.24) is 15.3 Å². The highest BCUT2D eigenvalue weighted by Crippen LogP contribution is 2.32. The van der Waals surface area contributed by atoms with Crippen molar-refractivity contribution in [3.05, 3.63) is 17.2 Å². The molecular weight excluding hydrogens is 186 g/mol. The lowest BCUT2D eigenvalue weighted by Gasteiger charge is -2.21. The van der Waals surface area contributed by atoms with Gasteiger partial charge in [-0.25, -0.2) is 4.98 Å². The van der Waals surface area contributed by atoms with E-state index in [0.29, 0.717) is 12.0 Å². The molecule has 0 radical (unpaired) electrons.